The Hall–Kier alpha value is -2.33. The molecule has 0 aliphatic heterocycles. The molecule has 1 amide bonds. The van der Waals surface area contributed by atoms with Crippen molar-refractivity contribution in [2.75, 3.05) is 10.8 Å². The molecule has 4 heteroatoms. The molecule has 0 spiro atoms. The highest BCUT2D eigenvalue weighted by Gasteiger charge is 2.04. The summed E-state index contributed by atoms with van der Waals surface area (Å²) in [5.41, 5.74) is 3.77. The molecule has 0 aromatic heterocycles. The molecule has 2 aromatic rings. The molecule has 0 bridgehead atoms. The van der Waals surface area contributed by atoms with E-state index in [0.717, 1.165) is 0 Å². The standard InChI is InChI=1S/C13H12N2O2/c16-13(10-5-2-1-3-6-10)14-11-7-4-8-12(9-11)15-17/h1-9,15,17H,(H,14,16). The molecular weight excluding hydrogens is 216 g/mol. The fourth-order valence-corrected chi connectivity index (χ4v) is 1.46. The third kappa shape index (κ3) is 2.83. The SMILES string of the molecule is O=C(Nc1cccc(NO)c1)c1ccccc1. The Morgan fingerprint density at radius 3 is 2.35 bits per heavy atom. The van der Waals surface area contributed by atoms with E-state index in [9.17, 15) is 4.79 Å². The highest BCUT2D eigenvalue weighted by molar-refractivity contribution is 6.04. The minimum Gasteiger partial charge on any atom is -0.322 e. The lowest BCUT2D eigenvalue weighted by atomic mass is 10.2. The maximum Gasteiger partial charge on any atom is 0.255 e. The zero-order valence-electron chi connectivity index (χ0n) is 9.05. The minimum absolute atomic E-state index is 0.180. The summed E-state index contributed by atoms with van der Waals surface area (Å²) in [4.78, 5) is 11.8. The summed E-state index contributed by atoms with van der Waals surface area (Å²) in [7, 11) is 0. The van der Waals surface area contributed by atoms with Crippen LogP contribution in [0.1, 0.15) is 10.4 Å². The monoisotopic (exact) mass is 228 g/mol. The summed E-state index contributed by atoms with van der Waals surface area (Å²) in [5.74, 6) is -0.180. The predicted molar refractivity (Wildman–Crippen MR) is 66.2 cm³/mol. The van der Waals surface area contributed by atoms with Gasteiger partial charge >= 0.3 is 0 Å². The van der Waals surface area contributed by atoms with Crippen molar-refractivity contribution in [3.63, 3.8) is 0 Å². The Morgan fingerprint density at radius 2 is 1.65 bits per heavy atom. The highest BCUT2D eigenvalue weighted by atomic mass is 16.5. The van der Waals surface area contributed by atoms with Gasteiger partial charge in [-0.25, -0.2) is 0 Å². The molecule has 0 saturated heterocycles. The lowest BCUT2D eigenvalue weighted by Crippen LogP contribution is -2.11. The van der Waals surface area contributed by atoms with Crippen LogP contribution in [-0.4, -0.2) is 11.1 Å². The van der Waals surface area contributed by atoms with Crippen LogP contribution >= 0.6 is 0 Å². The van der Waals surface area contributed by atoms with Crippen LogP contribution in [0.2, 0.25) is 0 Å². The van der Waals surface area contributed by atoms with Gasteiger partial charge in [0.1, 0.15) is 0 Å². The number of amides is 1. The number of hydrogen-bond acceptors (Lipinski definition) is 3. The van der Waals surface area contributed by atoms with E-state index in [0.29, 0.717) is 16.9 Å². The number of nitrogens with one attached hydrogen (secondary N) is 2. The van der Waals surface area contributed by atoms with E-state index >= 15 is 0 Å². The van der Waals surface area contributed by atoms with Crippen molar-refractivity contribution in [3.8, 4) is 0 Å². The number of carbonyl (C=O) groups is 1. The van der Waals surface area contributed by atoms with E-state index in [1.165, 1.54) is 0 Å². The van der Waals surface area contributed by atoms with Gasteiger partial charge in [-0.1, -0.05) is 24.3 Å². The number of rotatable bonds is 3. The first kappa shape index (κ1) is 11.2. The minimum atomic E-state index is -0.180. The van der Waals surface area contributed by atoms with E-state index in [2.05, 4.69) is 5.32 Å². The van der Waals surface area contributed by atoms with Gasteiger partial charge in [-0.3, -0.25) is 15.5 Å². The van der Waals surface area contributed by atoms with Gasteiger partial charge in [0.2, 0.25) is 0 Å². The molecule has 0 atom stereocenters. The number of hydrogen-bond donors (Lipinski definition) is 3. The molecule has 0 radical (unpaired) electrons. The van der Waals surface area contributed by atoms with Crippen molar-refractivity contribution in [1.82, 2.24) is 0 Å². The van der Waals surface area contributed by atoms with E-state index in [-0.39, 0.29) is 5.91 Å². The summed E-state index contributed by atoms with van der Waals surface area (Å²) < 4.78 is 0. The molecule has 0 saturated carbocycles. The van der Waals surface area contributed by atoms with Gasteiger partial charge in [0.05, 0.1) is 5.69 Å². The molecule has 2 aromatic carbocycles. The van der Waals surface area contributed by atoms with Gasteiger partial charge in [0.15, 0.2) is 0 Å². The van der Waals surface area contributed by atoms with Crippen molar-refractivity contribution < 1.29 is 10.0 Å². The maximum atomic E-state index is 11.8. The predicted octanol–water partition coefficient (Wildman–Crippen LogP) is 2.74. The molecule has 4 nitrogen and oxygen atoms in total. The first-order valence-corrected chi connectivity index (χ1v) is 5.16. The first-order valence-electron chi connectivity index (χ1n) is 5.16. The Bertz CT molecular complexity index is 512. The molecule has 0 heterocycles. The van der Waals surface area contributed by atoms with Gasteiger partial charge in [-0.15, -0.1) is 0 Å². The zero-order valence-corrected chi connectivity index (χ0v) is 9.05. The van der Waals surface area contributed by atoms with Crippen LogP contribution in [0.15, 0.2) is 54.6 Å². The lowest BCUT2D eigenvalue weighted by Gasteiger charge is -2.06. The fourth-order valence-electron chi connectivity index (χ4n) is 1.46. The molecule has 0 unspecified atom stereocenters. The van der Waals surface area contributed by atoms with Gasteiger partial charge in [0.25, 0.3) is 5.91 Å². The highest BCUT2D eigenvalue weighted by Crippen LogP contribution is 2.15. The van der Waals surface area contributed by atoms with Crippen molar-refractivity contribution >= 4 is 17.3 Å². The average molecular weight is 228 g/mol. The summed E-state index contributed by atoms with van der Waals surface area (Å²) >= 11 is 0. The second kappa shape index (κ2) is 5.14. The Labute approximate surface area is 98.9 Å². The molecule has 3 N–H and O–H groups in total. The number of carbonyl (C=O) groups excluding carboxylic acids is 1. The molecule has 2 rings (SSSR count). The van der Waals surface area contributed by atoms with Gasteiger partial charge in [0, 0.05) is 11.3 Å². The van der Waals surface area contributed by atoms with E-state index in [1.807, 2.05) is 11.5 Å². The smallest absolute Gasteiger partial charge is 0.255 e. The normalized spacial score (nSPS) is 9.71. The largest absolute Gasteiger partial charge is 0.322 e. The summed E-state index contributed by atoms with van der Waals surface area (Å²) in [5, 5.41) is 11.5. The average Bonchev–Trinajstić information content (AvgIpc) is 2.40. The first-order chi connectivity index (χ1) is 8.29. The lowest BCUT2D eigenvalue weighted by molar-refractivity contribution is 0.102. The second-order valence-electron chi connectivity index (χ2n) is 3.51. The van der Waals surface area contributed by atoms with E-state index in [1.54, 1.807) is 48.5 Å². The van der Waals surface area contributed by atoms with Crippen LogP contribution in [0, 0.1) is 0 Å². The van der Waals surface area contributed by atoms with Gasteiger partial charge < -0.3 is 5.32 Å². The Morgan fingerprint density at radius 1 is 0.941 bits per heavy atom. The summed E-state index contributed by atoms with van der Waals surface area (Å²) in [6, 6.07) is 15.8. The van der Waals surface area contributed by atoms with Gasteiger partial charge in [-0.2, -0.15) is 0 Å². The van der Waals surface area contributed by atoms with Crippen molar-refractivity contribution in [3.05, 3.63) is 60.2 Å². The summed E-state index contributed by atoms with van der Waals surface area (Å²) in [6.07, 6.45) is 0. The number of anilines is 2. The Balaban J connectivity index is 2.13. The van der Waals surface area contributed by atoms with E-state index < -0.39 is 0 Å². The number of benzene rings is 2. The second-order valence-corrected chi connectivity index (χ2v) is 3.51. The fraction of sp³-hybridized carbons (Fsp3) is 0. The Kier molecular flexibility index (Phi) is 3.37. The maximum absolute atomic E-state index is 11.8. The topological polar surface area (TPSA) is 61.4 Å². The van der Waals surface area contributed by atoms with Crippen LogP contribution in [0.25, 0.3) is 0 Å². The molecule has 0 fully saturated rings. The molecular formula is C13H12N2O2. The molecule has 86 valence electrons. The van der Waals surface area contributed by atoms with Crippen molar-refractivity contribution in [1.29, 1.82) is 0 Å². The van der Waals surface area contributed by atoms with Crippen molar-refractivity contribution in [2.24, 2.45) is 0 Å². The van der Waals surface area contributed by atoms with Crippen LogP contribution in [0.4, 0.5) is 11.4 Å². The van der Waals surface area contributed by atoms with Crippen molar-refractivity contribution in [2.45, 2.75) is 0 Å². The van der Waals surface area contributed by atoms with Crippen LogP contribution in [0.5, 0.6) is 0 Å². The third-order valence-corrected chi connectivity index (χ3v) is 2.29. The van der Waals surface area contributed by atoms with Gasteiger partial charge in [-0.05, 0) is 30.3 Å². The molecule has 17 heavy (non-hydrogen) atoms. The zero-order chi connectivity index (χ0) is 12.1. The summed E-state index contributed by atoms with van der Waals surface area (Å²) in [6.45, 7) is 0. The van der Waals surface area contributed by atoms with Crippen LogP contribution in [-0.2, 0) is 0 Å². The van der Waals surface area contributed by atoms with Crippen LogP contribution in [0.3, 0.4) is 0 Å². The van der Waals surface area contributed by atoms with E-state index in [4.69, 9.17) is 5.21 Å². The van der Waals surface area contributed by atoms with Crippen LogP contribution < -0.4 is 10.8 Å². The molecule has 0 aliphatic rings. The third-order valence-electron chi connectivity index (χ3n) is 2.29. The quantitative estimate of drug-likeness (QED) is 0.708. The molecule has 0 aliphatic carbocycles.